The van der Waals surface area contributed by atoms with Crippen LogP contribution in [0.3, 0.4) is 0 Å². The average molecular weight is 320 g/mol. The van der Waals surface area contributed by atoms with Gasteiger partial charge in [0.1, 0.15) is 5.82 Å². The highest BCUT2D eigenvalue weighted by Gasteiger charge is 2.12. The lowest BCUT2D eigenvalue weighted by atomic mass is 10.1. The summed E-state index contributed by atoms with van der Waals surface area (Å²) in [7, 11) is 0. The third kappa shape index (κ3) is 2.24. The fourth-order valence-electron chi connectivity index (χ4n) is 1.45. The van der Waals surface area contributed by atoms with Gasteiger partial charge in [-0.1, -0.05) is 51.3 Å². The predicted octanol–water partition coefficient (Wildman–Crippen LogP) is 5.56. The molecule has 82 valence electrons. The van der Waals surface area contributed by atoms with Crippen LogP contribution in [-0.4, -0.2) is 0 Å². The first-order valence-corrected chi connectivity index (χ1v) is 6.04. The zero-order chi connectivity index (χ0) is 11.7. The molecule has 0 aliphatic rings. The summed E-state index contributed by atoms with van der Waals surface area (Å²) in [5, 5.41) is 0.964. The third-order valence-corrected chi connectivity index (χ3v) is 3.37. The number of hydrogen-bond donors (Lipinski definition) is 0. The lowest BCUT2D eigenvalue weighted by molar-refractivity contribution is 0.631. The third-order valence-electron chi connectivity index (χ3n) is 2.16. The SMILES string of the molecule is Fc1cccc(Cl)c1-c1ccc(Cl)cc1Br. The largest absolute Gasteiger partial charge is 0.206 e. The molecule has 4 heteroatoms. The Bertz CT molecular complexity index is 520. The van der Waals surface area contributed by atoms with Crippen molar-refractivity contribution in [2.45, 2.75) is 0 Å². The Hall–Kier alpha value is -0.570. The molecule has 0 aromatic heterocycles. The Labute approximate surface area is 111 Å². The molecule has 0 bridgehead atoms. The van der Waals surface area contributed by atoms with Crippen molar-refractivity contribution in [3.8, 4) is 11.1 Å². The van der Waals surface area contributed by atoms with Crippen LogP contribution in [0.15, 0.2) is 40.9 Å². The number of halogens is 4. The quantitative estimate of drug-likeness (QED) is 0.645. The summed E-state index contributed by atoms with van der Waals surface area (Å²) in [4.78, 5) is 0. The van der Waals surface area contributed by atoms with Crippen molar-refractivity contribution in [2.24, 2.45) is 0 Å². The monoisotopic (exact) mass is 318 g/mol. The zero-order valence-electron chi connectivity index (χ0n) is 7.98. The molecule has 0 aliphatic heterocycles. The molecular formula is C12H6BrCl2F. The van der Waals surface area contributed by atoms with Gasteiger partial charge in [0.05, 0.1) is 5.02 Å². The second-order valence-electron chi connectivity index (χ2n) is 3.22. The number of hydrogen-bond acceptors (Lipinski definition) is 0. The van der Waals surface area contributed by atoms with Crippen LogP contribution >= 0.6 is 39.1 Å². The highest BCUT2D eigenvalue weighted by molar-refractivity contribution is 9.10. The van der Waals surface area contributed by atoms with Crippen molar-refractivity contribution in [2.75, 3.05) is 0 Å². The molecule has 0 unspecified atom stereocenters. The first kappa shape index (κ1) is 11.9. The van der Waals surface area contributed by atoms with Gasteiger partial charge in [0.15, 0.2) is 0 Å². The van der Waals surface area contributed by atoms with E-state index in [9.17, 15) is 4.39 Å². The normalized spacial score (nSPS) is 10.5. The smallest absolute Gasteiger partial charge is 0.132 e. The maximum atomic E-state index is 13.7. The van der Waals surface area contributed by atoms with E-state index in [1.54, 1.807) is 30.3 Å². The van der Waals surface area contributed by atoms with E-state index in [1.807, 2.05) is 0 Å². The van der Waals surface area contributed by atoms with Gasteiger partial charge >= 0.3 is 0 Å². The maximum Gasteiger partial charge on any atom is 0.132 e. The first-order chi connectivity index (χ1) is 7.59. The van der Waals surface area contributed by atoms with Gasteiger partial charge in [-0.3, -0.25) is 0 Å². The van der Waals surface area contributed by atoms with Crippen molar-refractivity contribution in [1.82, 2.24) is 0 Å². The topological polar surface area (TPSA) is 0 Å². The van der Waals surface area contributed by atoms with E-state index in [1.165, 1.54) is 6.07 Å². The summed E-state index contributed by atoms with van der Waals surface area (Å²) in [5.74, 6) is -0.351. The molecule has 0 saturated heterocycles. The van der Waals surface area contributed by atoms with E-state index in [2.05, 4.69) is 15.9 Å². The number of rotatable bonds is 1. The molecule has 0 N–H and O–H groups in total. The first-order valence-electron chi connectivity index (χ1n) is 4.49. The second kappa shape index (κ2) is 4.74. The van der Waals surface area contributed by atoms with Crippen LogP contribution in [-0.2, 0) is 0 Å². The van der Waals surface area contributed by atoms with Crippen LogP contribution in [0.5, 0.6) is 0 Å². The Morgan fingerprint density at radius 1 is 1.06 bits per heavy atom. The van der Waals surface area contributed by atoms with Crippen LogP contribution in [0.25, 0.3) is 11.1 Å². The van der Waals surface area contributed by atoms with Crippen molar-refractivity contribution in [3.05, 3.63) is 56.7 Å². The van der Waals surface area contributed by atoms with Crippen molar-refractivity contribution in [1.29, 1.82) is 0 Å². The highest BCUT2D eigenvalue weighted by Crippen LogP contribution is 2.36. The average Bonchev–Trinajstić information content (AvgIpc) is 2.20. The molecule has 2 rings (SSSR count). The summed E-state index contributed by atoms with van der Waals surface area (Å²) >= 11 is 15.2. The highest BCUT2D eigenvalue weighted by atomic mass is 79.9. The van der Waals surface area contributed by atoms with Gasteiger partial charge in [-0.25, -0.2) is 4.39 Å². The van der Waals surface area contributed by atoms with Crippen LogP contribution in [0.1, 0.15) is 0 Å². The van der Waals surface area contributed by atoms with E-state index in [0.29, 0.717) is 25.6 Å². The Morgan fingerprint density at radius 2 is 1.81 bits per heavy atom. The van der Waals surface area contributed by atoms with Crippen molar-refractivity contribution in [3.63, 3.8) is 0 Å². The van der Waals surface area contributed by atoms with Gasteiger partial charge in [0.2, 0.25) is 0 Å². The van der Waals surface area contributed by atoms with Crippen LogP contribution in [0.4, 0.5) is 4.39 Å². The number of benzene rings is 2. The van der Waals surface area contributed by atoms with Gasteiger partial charge in [-0.2, -0.15) is 0 Å². The minimum atomic E-state index is -0.351. The van der Waals surface area contributed by atoms with E-state index in [4.69, 9.17) is 23.2 Å². The summed E-state index contributed by atoms with van der Waals surface area (Å²) in [6.07, 6.45) is 0. The van der Waals surface area contributed by atoms with Crippen LogP contribution < -0.4 is 0 Å². The fourth-order valence-corrected chi connectivity index (χ4v) is 2.59. The molecule has 0 aliphatic carbocycles. The Morgan fingerprint density at radius 3 is 2.44 bits per heavy atom. The Balaban J connectivity index is 2.68. The minimum Gasteiger partial charge on any atom is -0.206 e. The molecule has 2 aromatic rings. The van der Waals surface area contributed by atoms with Crippen molar-refractivity contribution < 1.29 is 4.39 Å². The fraction of sp³-hybridized carbons (Fsp3) is 0. The van der Waals surface area contributed by atoms with E-state index in [0.717, 1.165) is 0 Å². The van der Waals surface area contributed by atoms with Crippen LogP contribution in [0.2, 0.25) is 10.0 Å². The molecule has 16 heavy (non-hydrogen) atoms. The lowest BCUT2D eigenvalue weighted by Gasteiger charge is -2.08. The minimum absolute atomic E-state index is 0.351. The van der Waals surface area contributed by atoms with E-state index in [-0.39, 0.29) is 5.82 Å². The standard InChI is InChI=1S/C12H6BrCl2F/c13-9-6-7(14)4-5-8(9)12-10(15)2-1-3-11(12)16/h1-6H. The van der Waals surface area contributed by atoms with E-state index >= 15 is 0 Å². The molecule has 0 nitrogen and oxygen atoms in total. The van der Waals surface area contributed by atoms with Gasteiger partial charge in [-0.05, 0) is 24.3 Å². The molecule has 0 atom stereocenters. The molecule has 2 aromatic carbocycles. The second-order valence-corrected chi connectivity index (χ2v) is 4.92. The van der Waals surface area contributed by atoms with Gasteiger partial charge in [-0.15, -0.1) is 0 Å². The molecular weight excluding hydrogens is 314 g/mol. The van der Waals surface area contributed by atoms with Gasteiger partial charge in [0.25, 0.3) is 0 Å². The molecule has 0 spiro atoms. The molecule has 0 heterocycles. The van der Waals surface area contributed by atoms with Gasteiger partial charge < -0.3 is 0 Å². The summed E-state index contributed by atoms with van der Waals surface area (Å²) in [5.41, 5.74) is 1.07. The van der Waals surface area contributed by atoms with Gasteiger partial charge in [0, 0.05) is 20.6 Å². The zero-order valence-corrected chi connectivity index (χ0v) is 11.1. The maximum absolute atomic E-state index is 13.7. The molecule has 0 saturated carbocycles. The van der Waals surface area contributed by atoms with Crippen LogP contribution in [0, 0.1) is 5.82 Å². The summed E-state index contributed by atoms with van der Waals surface area (Å²) in [6.45, 7) is 0. The Kier molecular flexibility index (Phi) is 3.53. The predicted molar refractivity (Wildman–Crippen MR) is 69.6 cm³/mol. The summed E-state index contributed by atoms with van der Waals surface area (Å²) < 4.78 is 14.4. The van der Waals surface area contributed by atoms with Crippen molar-refractivity contribution >= 4 is 39.1 Å². The molecule has 0 amide bonds. The van der Waals surface area contributed by atoms with E-state index < -0.39 is 0 Å². The summed E-state index contributed by atoms with van der Waals surface area (Å²) in [6, 6.07) is 9.75. The molecule has 0 fully saturated rings. The lowest BCUT2D eigenvalue weighted by Crippen LogP contribution is -1.87. The molecule has 0 radical (unpaired) electrons.